The SMILES string of the molecule is COC(=O)OCC1CS(=O)(=O)OCC1C1COC(=O)O1. The summed E-state index contributed by atoms with van der Waals surface area (Å²) in [7, 11) is -2.53. The second-order valence-corrected chi connectivity index (χ2v) is 6.10. The van der Waals surface area contributed by atoms with Gasteiger partial charge in [-0.15, -0.1) is 0 Å². The first kappa shape index (κ1) is 14.9. The quantitative estimate of drug-likeness (QED) is 0.520. The van der Waals surface area contributed by atoms with Gasteiger partial charge in [0.1, 0.15) is 12.7 Å². The third-order valence-electron chi connectivity index (χ3n) is 3.14. The van der Waals surface area contributed by atoms with Crippen molar-refractivity contribution in [2.45, 2.75) is 6.10 Å². The smallest absolute Gasteiger partial charge is 0.438 e. The van der Waals surface area contributed by atoms with Crippen LogP contribution in [-0.2, 0) is 33.2 Å². The lowest BCUT2D eigenvalue weighted by molar-refractivity contribution is 0.00846. The van der Waals surface area contributed by atoms with Crippen LogP contribution in [0.1, 0.15) is 0 Å². The number of ether oxygens (including phenoxy) is 4. The normalized spacial score (nSPS) is 32.0. The lowest BCUT2D eigenvalue weighted by Gasteiger charge is -2.32. The van der Waals surface area contributed by atoms with E-state index >= 15 is 0 Å². The standard InChI is InChI=1S/C10H14O9S/c1-15-9(11)16-2-6-5-20(13,14)18-3-7(6)8-4-17-10(12)19-8/h6-8H,2-5H2,1H3. The van der Waals surface area contributed by atoms with Crippen LogP contribution in [0.4, 0.5) is 9.59 Å². The molecule has 3 atom stereocenters. The van der Waals surface area contributed by atoms with Crippen LogP contribution in [0.15, 0.2) is 0 Å². The zero-order chi connectivity index (χ0) is 14.8. The zero-order valence-electron chi connectivity index (χ0n) is 10.6. The minimum absolute atomic E-state index is 0.0155. The molecule has 3 unspecified atom stereocenters. The predicted octanol–water partition coefficient (Wildman–Crippen LogP) is -0.103. The van der Waals surface area contributed by atoms with Gasteiger partial charge in [-0.1, -0.05) is 0 Å². The number of methoxy groups -OCH3 is 1. The van der Waals surface area contributed by atoms with E-state index in [9.17, 15) is 18.0 Å². The van der Waals surface area contributed by atoms with Crippen molar-refractivity contribution in [2.24, 2.45) is 11.8 Å². The molecule has 0 radical (unpaired) electrons. The molecule has 2 aliphatic heterocycles. The highest BCUT2D eigenvalue weighted by atomic mass is 32.2. The summed E-state index contributed by atoms with van der Waals surface area (Å²) in [6, 6.07) is 0. The molecule has 2 saturated heterocycles. The lowest BCUT2D eigenvalue weighted by Crippen LogP contribution is -2.44. The Labute approximate surface area is 115 Å². The Bertz CT molecular complexity index is 485. The molecular formula is C10H14O9S. The Morgan fingerprint density at radius 1 is 1.40 bits per heavy atom. The molecule has 114 valence electrons. The number of hydrogen-bond acceptors (Lipinski definition) is 9. The van der Waals surface area contributed by atoms with Crippen LogP contribution >= 0.6 is 0 Å². The Morgan fingerprint density at radius 2 is 2.15 bits per heavy atom. The van der Waals surface area contributed by atoms with Gasteiger partial charge in [-0.2, -0.15) is 8.42 Å². The van der Waals surface area contributed by atoms with E-state index < -0.39 is 40.4 Å². The van der Waals surface area contributed by atoms with Crippen LogP contribution in [0.3, 0.4) is 0 Å². The zero-order valence-corrected chi connectivity index (χ0v) is 11.5. The van der Waals surface area contributed by atoms with Gasteiger partial charge in [0.25, 0.3) is 10.1 Å². The molecule has 2 heterocycles. The van der Waals surface area contributed by atoms with Crippen molar-refractivity contribution < 1.29 is 41.1 Å². The summed E-state index contributed by atoms with van der Waals surface area (Å²) in [5.74, 6) is -1.33. The van der Waals surface area contributed by atoms with Crippen LogP contribution in [0, 0.1) is 11.8 Å². The van der Waals surface area contributed by atoms with E-state index in [0.717, 1.165) is 7.11 Å². The Balaban J connectivity index is 2.03. The van der Waals surface area contributed by atoms with Crippen molar-refractivity contribution in [3.05, 3.63) is 0 Å². The average Bonchev–Trinajstić information content (AvgIpc) is 2.81. The molecule has 20 heavy (non-hydrogen) atoms. The van der Waals surface area contributed by atoms with E-state index in [-0.39, 0.29) is 25.6 Å². The minimum atomic E-state index is -3.68. The number of carbonyl (C=O) groups is 2. The van der Waals surface area contributed by atoms with Crippen molar-refractivity contribution in [3.63, 3.8) is 0 Å². The van der Waals surface area contributed by atoms with Gasteiger partial charge in [-0.3, -0.25) is 4.18 Å². The molecule has 0 aromatic heterocycles. The Morgan fingerprint density at radius 3 is 2.75 bits per heavy atom. The van der Waals surface area contributed by atoms with Gasteiger partial charge in [0.2, 0.25) is 0 Å². The molecule has 0 spiro atoms. The van der Waals surface area contributed by atoms with Crippen molar-refractivity contribution in [1.29, 1.82) is 0 Å². The fraction of sp³-hybridized carbons (Fsp3) is 0.800. The van der Waals surface area contributed by atoms with Gasteiger partial charge in [-0.05, 0) is 0 Å². The van der Waals surface area contributed by atoms with Gasteiger partial charge >= 0.3 is 12.3 Å². The van der Waals surface area contributed by atoms with Crippen LogP contribution in [-0.4, -0.2) is 59.5 Å². The molecule has 2 aliphatic rings. The van der Waals surface area contributed by atoms with Crippen LogP contribution in [0.2, 0.25) is 0 Å². The van der Waals surface area contributed by atoms with Crippen molar-refractivity contribution >= 4 is 22.4 Å². The first-order chi connectivity index (χ1) is 9.41. The fourth-order valence-electron chi connectivity index (χ4n) is 2.12. The summed E-state index contributed by atoms with van der Waals surface area (Å²) in [5.41, 5.74) is 0. The van der Waals surface area contributed by atoms with Gasteiger partial charge in [-0.25, -0.2) is 9.59 Å². The summed E-state index contributed by atoms with van der Waals surface area (Å²) >= 11 is 0. The maximum atomic E-state index is 11.5. The van der Waals surface area contributed by atoms with Crippen molar-refractivity contribution in [2.75, 3.05) is 32.7 Å². The van der Waals surface area contributed by atoms with Gasteiger partial charge in [0, 0.05) is 11.8 Å². The first-order valence-corrected chi connectivity index (χ1v) is 7.40. The maximum absolute atomic E-state index is 11.5. The molecular weight excluding hydrogens is 296 g/mol. The molecule has 0 N–H and O–H groups in total. The van der Waals surface area contributed by atoms with Crippen molar-refractivity contribution in [3.8, 4) is 0 Å². The molecule has 0 amide bonds. The number of cyclic esters (lactones) is 2. The third-order valence-corrected chi connectivity index (χ3v) is 4.47. The molecule has 10 heteroatoms. The predicted molar refractivity (Wildman–Crippen MR) is 61.3 cm³/mol. The highest BCUT2D eigenvalue weighted by molar-refractivity contribution is 7.86. The van der Waals surface area contributed by atoms with E-state index in [1.807, 2.05) is 0 Å². The highest BCUT2D eigenvalue weighted by Gasteiger charge is 2.43. The molecule has 0 aliphatic carbocycles. The average molecular weight is 310 g/mol. The van der Waals surface area contributed by atoms with E-state index in [0.29, 0.717) is 0 Å². The monoisotopic (exact) mass is 310 g/mol. The van der Waals surface area contributed by atoms with E-state index in [4.69, 9.17) is 13.7 Å². The van der Waals surface area contributed by atoms with E-state index in [2.05, 4.69) is 9.47 Å². The lowest BCUT2D eigenvalue weighted by atomic mass is 9.90. The summed E-state index contributed by atoms with van der Waals surface area (Å²) in [4.78, 5) is 21.9. The Kier molecular flexibility index (Phi) is 4.33. The summed E-state index contributed by atoms with van der Waals surface area (Å²) in [6.07, 6.45) is -2.34. The fourth-order valence-corrected chi connectivity index (χ4v) is 3.45. The van der Waals surface area contributed by atoms with E-state index in [1.54, 1.807) is 0 Å². The van der Waals surface area contributed by atoms with Crippen LogP contribution in [0.25, 0.3) is 0 Å². The molecule has 0 aromatic rings. The summed E-state index contributed by atoms with van der Waals surface area (Å²) < 4.78 is 46.4. The summed E-state index contributed by atoms with van der Waals surface area (Å²) in [5, 5.41) is 0. The largest absolute Gasteiger partial charge is 0.508 e. The second-order valence-electron chi connectivity index (χ2n) is 4.42. The summed E-state index contributed by atoms with van der Waals surface area (Å²) in [6.45, 7) is -0.311. The van der Waals surface area contributed by atoms with Gasteiger partial charge < -0.3 is 18.9 Å². The molecule has 0 aromatic carbocycles. The van der Waals surface area contributed by atoms with Crippen LogP contribution in [0.5, 0.6) is 0 Å². The molecule has 2 rings (SSSR count). The first-order valence-electron chi connectivity index (χ1n) is 5.82. The number of rotatable bonds is 3. The minimum Gasteiger partial charge on any atom is -0.438 e. The number of hydrogen-bond donors (Lipinski definition) is 0. The van der Waals surface area contributed by atoms with Crippen molar-refractivity contribution in [1.82, 2.24) is 0 Å². The third kappa shape index (κ3) is 3.51. The second kappa shape index (κ2) is 5.83. The van der Waals surface area contributed by atoms with Gasteiger partial charge in [0.05, 0.1) is 26.1 Å². The molecule has 9 nitrogen and oxygen atoms in total. The highest BCUT2D eigenvalue weighted by Crippen LogP contribution is 2.29. The van der Waals surface area contributed by atoms with Crippen LogP contribution < -0.4 is 0 Å². The maximum Gasteiger partial charge on any atom is 0.508 e. The Hall–Kier alpha value is -1.55. The number of carbonyl (C=O) groups excluding carboxylic acids is 2. The molecule has 2 fully saturated rings. The molecule has 0 saturated carbocycles. The van der Waals surface area contributed by atoms with Gasteiger partial charge in [0.15, 0.2) is 0 Å². The molecule has 0 bridgehead atoms. The van der Waals surface area contributed by atoms with E-state index in [1.165, 1.54) is 0 Å². The topological polar surface area (TPSA) is 114 Å².